The molecule has 0 N–H and O–H groups in total. The van der Waals surface area contributed by atoms with Crippen LogP contribution in [-0.4, -0.2) is 9.55 Å². The van der Waals surface area contributed by atoms with E-state index in [1.54, 1.807) is 11.3 Å². The second-order valence-electron chi connectivity index (χ2n) is 8.75. The van der Waals surface area contributed by atoms with E-state index in [1.807, 2.05) is 0 Å². The number of para-hydroxylation sites is 2. The van der Waals surface area contributed by atoms with Crippen LogP contribution in [0.5, 0.6) is 0 Å². The van der Waals surface area contributed by atoms with Crippen LogP contribution in [0.4, 0.5) is 0 Å². The van der Waals surface area contributed by atoms with Crippen LogP contribution in [0.3, 0.4) is 0 Å². The second-order valence-corrected chi connectivity index (χ2v) is 9.78. The fourth-order valence-corrected chi connectivity index (χ4v) is 5.56. The minimum Gasteiger partial charge on any atom is -1.00 e. The summed E-state index contributed by atoms with van der Waals surface area (Å²) >= 11 is 1.75. The minimum atomic E-state index is 0. The molecule has 5 aromatic rings. The molecule has 0 saturated carbocycles. The van der Waals surface area contributed by atoms with Crippen LogP contribution in [0.2, 0.25) is 0 Å². The number of hydrogen-bond donors (Lipinski definition) is 0. The van der Waals surface area contributed by atoms with E-state index in [0.717, 1.165) is 29.1 Å². The summed E-state index contributed by atoms with van der Waals surface area (Å²) < 4.78 is 5.99. The number of nitrogens with zero attached hydrogens (tertiary/aromatic N) is 3. The fraction of sp³-hybridized carbons (Fsp3) is 0.226. The van der Waals surface area contributed by atoms with E-state index in [9.17, 15) is 0 Å². The second kappa shape index (κ2) is 12.5. The molecule has 0 fully saturated rings. The lowest BCUT2D eigenvalue weighted by atomic mass is 10.2. The monoisotopic (exact) mass is 605 g/mol. The van der Waals surface area contributed by atoms with Gasteiger partial charge < -0.3 is 24.0 Å². The van der Waals surface area contributed by atoms with Crippen LogP contribution in [0.25, 0.3) is 43.6 Å². The minimum absolute atomic E-state index is 0. The largest absolute Gasteiger partial charge is 1.00 e. The number of aromatic nitrogens is 3. The first-order chi connectivity index (χ1) is 17.3. The van der Waals surface area contributed by atoms with Gasteiger partial charge in [0.05, 0.1) is 16.8 Å². The van der Waals surface area contributed by atoms with Gasteiger partial charge >= 0.3 is 0 Å². The molecule has 3 nitrogen and oxygen atoms in total. The van der Waals surface area contributed by atoms with Gasteiger partial charge in [-0.25, -0.2) is 9.55 Å². The summed E-state index contributed by atoms with van der Waals surface area (Å²) in [6, 6.07) is 25.8. The summed E-state index contributed by atoms with van der Waals surface area (Å²) in [4.78, 5) is 4.90. The lowest BCUT2D eigenvalue weighted by Gasteiger charge is -2.00. The highest BCUT2D eigenvalue weighted by Crippen LogP contribution is 2.32. The zero-order valence-electron chi connectivity index (χ0n) is 20.9. The Morgan fingerprint density at radius 3 is 2.50 bits per heavy atom. The van der Waals surface area contributed by atoms with E-state index in [2.05, 4.69) is 120 Å². The quantitative estimate of drug-likeness (QED) is 0.0959. The number of fused-ring (bicyclic) bond motifs is 2. The van der Waals surface area contributed by atoms with Crippen molar-refractivity contribution in [3.05, 3.63) is 96.8 Å². The highest BCUT2D eigenvalue weighted by Gasteiger charge is 2.24. The number of unbranched alkanes of at least 4 members (excludes halogenated alkanes) is 3. The molecule has 0 saturated heterocycles. The number of rotatable bonds is 9. The fourth-order valence-electron chi connectivity index (χ4n) is 4.60. The predicted molar refractivity (Wildman–Crippen MR) is 150 cm³/mol. The molecule has 0 aliphatic rings. The number of halogens is 1. The van der Waals surface area contributed by atoms with Crippen molar-refractivity contribution in [2.45, 2.75) is 46.1 Å². The zero-order valence-corrected chi connectivity index (χ0v) is 23.9. The van der Waals surface area contributed by atoms with Crippen LogP contribution in [0, 0.1) is 0 Å². The van der Waals surface area contributed by atoms with Gasteiger partial charge in [-0.05, 0) is 62.2 Å². The molecule has 5 heteroatoms. The van der Waals surface area contributed by atoms with Gasteiger partial charge in [0.1, 0.15) is 10.7 Å². The number of aryl methyl sites for hydroxylation is 1. The van der Waals surface area contributed by atoms with E-state index in [-0.39, 0.29) is 24.0 Å². The summed E-state index contributed by atoms with van der Waals surface area (Å²) in [7, 11) is 0. The lowest BCUT2D eigenvalue weighted by Crippen LogP contribution is -3.00. The molecule has 36 heavy (non-hydrogen) atoms. The van der Waals surface area contributed by atoms with Crippen molar-refractivity contribution in [1.29, 1.82) is 0 Å². The Labute approximate surface area is 234 Å². The van der Waals surface area contributed by atoms with Gasteiger partial charge in [-0.1, -0.05) is 68.3 Å². The van der Waals surface area contributed by atoms with Crippen molar-refractivity contribution in [2.24, 2.45) is 0 Å². The van der Waals surface area contributed by atoms with Gasteiger partial charge in [-0.15, -0.1) is 11.3 Å². The number of allylic oxidation sites excluding steroid dienone is 3. The van der Waals surface area contributed by atoms with E-state index < -0.39 is 0 Å². The third-order valence-corrected chi connectivity index (χ3v) is 7.44. The summed E-state index contributed by atoms with van der Waals surface area (Å²) in [5.74, 6) is 1.17. The average molecular weight is 606 g/mol. The Morgan fingerprint density at radius 1 is 0.917 bits per heavy atom. The average Bonchev–Trinajstić information content (AvgIpc) is 3.47. The van der Waals surface area contributed by atoms with Crippen molar-refractivity contribution < 1.29 is 28.5 Å². The van der Waals surface area contributed by atoms with Crippen molar-refractivity contribution in [1.82, 2.24) is 9.55 Å². The molecule has 184 valence electrons. The normalized spacial score (nSPS) is 11.7. The topological polar surface area (TPSA) is 21.7 Å². The third-order valence-electron chi connectivity index (χ3n) is 6.35. The van der Waals surface area contributed by atoms with Gasteiger partial charge in [-0.2, -0.15) is 4.57 Å². The molecule has 0 amide bonds. The standard InChI is InChI=1S/C31H32N3S.HI/c1-3-5-6-7-8-9-13-20-30-33(4-2)28-23-24(31-32-26-18-14-15-19-29(26)35-31)21-22-27(28)34(30)25-16-11-10-12-17-25;/h8-23H,3-7H2,1-2H3;1H/q+1;/p-1/b9-8+,20-13+;. The van der Waals surface area contributed by atoms with Crippen molar-refractivity contribution in [2.75, 3.05) is 0 Å². The maximum Gasteiger partial charge on any atom is 0.287 e. The molecule has 2 heterocycles. The summed E-state index contributed by atoms with van der Waals surface area (Å²) in [5.41, 5.74) is 5.82. The highest BCUT2D eigenvalue weighted by atomic mass is 127. The molecule has 3 aromatic carbocycles. The first-order valence-corrected chi connectivity index (χ1v) is 13.4. The number of thiazole rings is 1. The number of benzene rings is 3. The van der Waals surface area contributed by atoms with Crippen molar-refractivity contribution in [3.8, 4) is 16.3 Å². The van der Waals surface area contributed by atoms with E-state index in [1.165, 1.54) is 46.5 Å². The zero-order chi connectivity index (χ0) is 24.0. The highest BCUT2D eigenvalue weighted by molar-refractivity contribution is 7.21. The smallest absolute Gasteiger partial charge is 0.287 e. The Bertz CT molecular complexity index is 1460. The Kier molecular flexibility index (Phi) is 9.10. The maximum absolute atomic E-state index is 4.90. The first-order valence-electron chi connectivity index (χ1n) is 12.6. The van der Waals surface area contributed by atoms with E-state index in [4.69, 9.17) is 4.98 Å². The number of imidazole rings is 1. The van der Waals surface area contributed by atoms with E-state index in [0.29, 0.717) is 0 Å². The lowest BCUT2D eigenvalue weighted by molar-refractivity contribution is -0.670. The van der Waals surface area contributed by atoms with Crippen molar-refractivity contribution >= 4 is 38.7 Å². The molecule has 0 atom stereocenters. The molecule has 0 aliphatic heterocycles. The third kappa shape index (κ3) is 5.47. The van der Waals surface area contributed by atoms with Crippen LogP contribution in [-0.2, 0) is 6.54 Å². The molecular formula is C31H32IN3S. The molecule has 5 rings (SSSR count). The Hall–Kier alpha value is -2.77. The maximum atomic E-state index is 4.90. The molecule has 0 spiro atoms. The van der Waals surface area contributed by atoms with Crippen LogP contribution >= 0.6 is 11.3 Å². The Balaban J connectivity index is 0.00000304. The summed E-state index contributed by atoms with van der Waals surface area (Å²) in [6.45, 7) is 5.36. The van der Waals surface area contributed by atoms with Crippen molar-refractivity contribution in [3.63, 3.8) is 0 Å². The molecule has 2 aromatic heterocycles. The van der Waals surface area contributed by atoms with Gasteiger partial charge in [0, 0.05) is 11.6 Å². The summed E-state index contributed by atoms with van der Waals surface area (Å²) in [5, 5.41) is 1.07. The molecule has 0 bridgehead atoms. The predicted octanol–water partition coefficient (Wildman–Crippen LogP) is 5.37. The van der Waals surface area contributed by atoms with Gasteiger partial charge in [0.25, 0.3) is 5.82 Å². The molecule has 0 aliphatic carbocycles. The van der Waals surface area contributed by atoms with Gasteiger partial charge in [0.15, 0.2) is 11.0 Å². The molecular weight excluding hydrogens is 573 g/mol. The first kappa shape index (κ1) is 26.3. The van der Waals surface area contributed by atoms with Gasteiger partial charge in [-0.3, -0.25) is 0 Å². The van der Waals surface area contributed by atoms with Gasteiger partial charge in [0.2, 0.25) is 0 Å². The summed E-state index contributed by atoms with van der Waals surface area (Å²) in [6.07, 6.45) is 13.8. The van der Waals surface area contributed by atoms with Crippen LogP contribution in [0.15, 0.2) is 91.0 Å². The molecule has 0 radical (unpaired) electrons. The number of hydrogen-bond acceptors (Lipinski definition) is 2. The van der Waals surface area contributed by atoms with E-state index >= 15 is 0 Å². The molecule has 0 unspecified atom stereocenters. The van der Waals surface area contributed by atoms with Crippen LogP contribution < -0.4 is 28.5 Å². The van der Waals surface area contributed by atoms with Crippen LogP contribution in [0.1, 0.15) is 45.4 Å². The Morgan fingerprint density at radius 2 is 1.72 bits per heavy atom. The SMILES string of the molecule is CCCCC/C=C/C=C/c1n(-c2ccccc2)c2ccc(-c3nc4ccccc4s3)cc2[n+]1CC.[I-].